The van der Waals surface area contributed by atoms with Crippen LogP contribution in [0.2, 0.25) is 0 Å². The van der Waals surface area contributed by atoms with E-state index >= 15 is 0 Å². The third-order valence-electron chi connectivity index (χ3n) is 8.38. The number of hydrogen-bond acceptors (Lipinski definition) is 4. The van der Waals surface area contributed by atoms with Crippen LogP contribution in [0.15, 0.2) is 103 Å². The van der Waals surface area contributed by atoms with E-state index in [1.54, 1.807) is 18.3 Å². The second kappa shape index (κ2) is 8.81. The zero-order valence-electron chi connectivity index (χ0n) is 21.1. The van der Waals surface area contributed by atoms with Crippen molar-refractivity contribution >= 4 is 29.2 Å². The molecule has 0 bridgehead atoms. The highest BCUT2D eigenvalue weighted by Gasteiger charge is 2.70. The predicted octanol–water partition coefficient (Wildman–Crippen LogP) is 5.95. The average Bonchev–Trinajstić information content (AvgIpc) is 3.45. The van der Waals surface area contributed by atoms with Crippen LogP contribution in [-0.4, -0.2) is 28.4 Å². The lowest BCUT2D eigenvalue weighted by atomic mass is 9.62. The minimum Gasteiger partial charge on any atom is -0.358 e. The number of rotatable bonds is 4. The monoisotopic (exact) mass is 532 g/mol. The fraction of sp³-hybridized carbons (Fsp3) is 0.121. The van der Waals surface area contributed by atoms with Crippen LogP contribution in [-0.2, 0) is 10.2 Å². The molecule has 3 heterocycles. The largest absolute Gasteiger partial charge is 0.358 e. The minimum absolute atomic E-state index is 0.192. The molecule has 4 atom stereocenters. The number of fused-ring (bicyclic) bond motifs is 6. The number of carbonyl (C=O) groups excluding carboxylic acids is 3. The van der Waals surface area contributed by atoms with Gasteiger partial charge in [-0.15, -0.1) is 0 Å². The molecule has 1 spiro atoms. The first-order valence-corrected chi connectivity index (χ1v) is 13.0. The lowest BCUT2D eigenvalue weighted by Crippen LogP contribution is -2.49. The van der Waals surface area contributed by atoms with Gasteiger partial charge in [-0.3, -0.25) is 14.4 Å². The van der Waals surface area contributed by atoms with Crippen LogP contribution >= 0.6 is 0 Å². The molecular weight excluding hydrogens is 510 g/mol. The van der Waals surface area contributed by atoms with E-state index in [4.69, 9.17) is 0 Å². The molecule has 4 aromatic rings. The molecule has 1 amide bonds. The minimum atomic E-state index is -1.48. The second-order valence-corrected chi connectivity index (χ2v) is 10.3. The molecule has 0 unspecified atom stereocenters. The van der Waals surface area contributed by atoms with Gasteiger partial charge in [-0.2, -0.15) is 0 Å². The SMILES string of the molecule is O=C(c1ccc(F)cc1)[C@@H]1[C@@H](C(=O)c2ccc(F)cc2)[C@@]2(C(=O)Nc3ccccc32)[C@H]2c3ccccc3C=CN12. The maximum absolute atomic E-state index is 14.6. The first kappa shape index (κ1) is 24.2. The molecule has 3 aliphatic rings. The molecule has 3 aliphatic heterocycles. The molecule has 1 N–H and O–H groups in total. The molecule has 40 heavy (non-hydrogen) atoms. The first-order valence-electron chi connectivity index (χ1n) is 13.0. The number of nitrogens with one attached hydrogen (secondary N) is 1. The maximum Gasteiger partial charge on any atom is 0.238 e. The summed E-state index contributed by atoms with van der Waals surface area (Å²) in [6.45, 7) is 0. The number of ketones is 2. The summed E-state index contributed by atoms with van der Waals surface area (Å²) in [7, 11) is 0. The number of halogens is 2. The summed E-state index contributed by atoms with van der Waals surface area (Å²) in [4.78, 5) is 45.0. The van der Waals surface area contributed by atoms with Gasteiger partial charge < -0.3 is 10.2 Å². The van der Waals surface area contributed by atoms with Crippen molar-refractivity contribution in [3.8, 4) is 0 Å². The van der Waals surface area contributed by atoms with Crippen LogP contribution < -0.4 is 5.32 Å². The molecule has 0 radical (unpaired) electrons. The van der Waals surface area contributed by atoms with Gasteiger partial charge in [-0.25, -0.2) is 8.78 Å². The number of Topliss-reactive ketones (excluding diaryl/α,β-unsaturated/α-hetero) is 2. The van der Waals surface area contributed by atoms with Crippen LogP contribution in [0.3, 0.4) is 0 Å². The summed E-state index contributed by atoms with van der Waals surface area (Å²) < 4.78 is 27.7. The van der Waals surface area contributed by atoms with Gasteiger partial charge in [0.25, 0.3) is 0 Å². The van der Waals surface area contributed by atoms with Gasteiger partial charge in [0.1, 0.15) is 23.1 Å². The normalized spacial score (nSPS) is 23.9. The molecule has 0 saturated carbocycles. The Kier molecular flexibility index (Phi) is 5.32. The van der Waals surface area contributed by atoms with Gasteiger partial charge in [0.15, 0.2) is 11.6 Å². The molecule has 1 saturated heterocycles. The number of amides is 1. The molecule has 7 heteroatoms. The quantitative estimate of drug-likeness (QED) is 0.330. The van der Waals surface area contributed by atoms with Crippen molar-refractivity contribution in [2.45, 2.75) is 17.5 Å². The fourth-order valence-electron chi connectivity index (χ4n) is 6.75. The van der Waals surface area contributed by atoms with Gasteiger partial charge in [0.2, 0.25) is 5.91 Å². The first-order chi connectivity index (χ1) is 19.4. The third kappa shape index (κ3) is 3.27. The van der Waals surface area contributed by atoms with Crippen LogP contribution in [0.25, 0.3) is 6.08 Å². The third-order valence-corrected chi connectivity index (χ3v) is 8.38. The molecule has 0 aliphatic carbocycles. The van der Waals surface area contributed by atoms with E-state index in [-0.39, 0.29) is 17.0 Å². The number of carbonyl (C=O) groups is 3. The topological polar surface area (TPSA) is 66.5 Å². The summed E-state index contributed by atoms with van der Waals surface area (Å²) in [6.07, 6.45) is 3.64. The Morgan fingerprint density at radius 2 is 1.35 bits per heavy atom. The van der Waals surface area contributed by atoms with Crippen molar-refractivity contribution in [1.82, 2.24) is 4.90 Å². The molecule has 1 fully saturated rings. The van der Waals surface area contributed by atoms with Crippen LogP contribution in [0.4, 0.5) is 14.5 Å². The molecule has 7 rings (SSSR count). The van der Waals surface area contributed by atoms with E-state index < -0.39 is 46.6 Å². The lowest BCUT2D eigenvalue weighted by molar-refractivity contribution is -0.122. The Hall–Kier alpha value is -4.91. The number of para-hydroxylation sites is 1. The Morgan fingerprint density at radius 1 is 0.750 bits per heavy atom. The zero-order chi connectivity index (χ0) is 27.6. The number of nitrogens with zero attached hydrogens (tertiary/aromatic N) is 1. The summed E-state index contributed by atoms with van der Waals surface area (Å²) in [5.41, 5.74) is 1.81. The van der Waals surface area contributed by atoms with Gasteiger partial charge in [-0.1, -0.05) is 42.5 Å². The summed E-state index contributed by atoms with van der Waals surface area (Å²) in [5, 5.41) is 2.98. The maximum atomic E-state index is 14.6. The zero-order valence-corrected chi connectivity index (χ0v) is 21.1. The highest BCUT2D eigenvalue weighted by atomic mass is 19.1. The summed E-state index contributed by atoms with van der Waals surface area (Å²) >= 11 is 0. The Bertz CT molecular complexity index is 1730. The standard InChI is InChI=1S/C33H22F2N2O3/c34-22-13-9-20(10-14-22)29(38)27-28(30(39)21-11-15-23(35)16-12-21)37-18-17-19-5-1-2-6-24(19)31(37)33(27)25-7-3-4-8-26(25)36-32(33)40/h1-18,27-28,31H,(H,36,40)/t27-,28-,31+,33+/m0/s1. The van der Waals surface area contributed by atoms with Crippen molar-refractivity contribution in [2.75, 3.05) is 5.32 Å². The lowest BCUT2D eigenvalue weighted by Gasteiger charge is -2.38. The van der Waals surface area contributed by atoms with Crippen molar-refractivity contribution in [2.24, 2.45) is 5.92 Å². The van der Waals surface area contributed by atoms with E-state index in [0.29, 0.717) is 11.3 Å². The number of anilines is 1. The van der Waals surface area contributed by atoms with E-state index in [1.165, 1.54) is 48.5 Å². The van der Waals surface area contributed by atoms with Crippen molar-refractivity contribution in [3.63, 3.8) is 0 Å². The molecular formula is C33H22F2N2O3. The van der Waals surface area contributed by atoms with E-state index in [2.05, 4.69) is 5.32 Å². The van der Waals surface area contributed by atoms with Gasteiger partial charge in [-0.05, 0) is 77.4 Å². The smallest absolute Gasteiger partial charge is 0.238 e. The van der Waals surface area contributed by atoms with E-state index in [9.17, 15) is 23.2 Å². The molecule has 0 aromatic heterocycles. The van der Waals surface area contributed by atoms with Crippen LogP contribution in [0.5, 0.6) is 0 Å². The second-order valence-electron chi connectivity index (χ2n) is 10.3. The van der Waals surface area contributed by atoms with Crippen molar-refractivity contribution in [3.05, 3.63) is 143 Å². The van der Waals surface area contributed by atoms with Crippen LogP contribution in [0.1, 0.15) is 43.4 Å². The molecule has 5 nitrogen and oxygen atoms in total. The highest BCUT2D eigenvalue weighted by molar-refractivity contribution is 6.16. The number of benzene rings is 4. The van der Waals surface area contributed by atoms with Crippen molar-refractivity contribution < 1.29 is 23.2 Å². The van der Waals surface area contributed by atoms with E-state index in [1.807, 2.05) is 47.4 Å². The van der Waals surface area contributed by atoms with Gasteiger partial charge >= 0.3 is 0 Å². The fourth-order valence-corrected chi connectivity index (χ4v) is 6.75. The summed E-state index contributed by atoms with van der Waals surface area (Å²) in [5.74, 6) is -3.43. The van der Waals surface area contributed by atoms with Gasteiger partial charge in [0.05, 0.1) is 12.0 Å². The predicted molar refractivity (Wildman–Crippen MR) is 146 cm³/mol. The van der Waals surface area contributed by atoms with Gasteiger partial charge in [0, 0.05) is 23.0 Å². The number of hydrogen-bond donors (Lipinski definition) is 1. The Balaban J connectivity index is 1.53. The van der Waals surface area contributed by atoms with Crippen molar-refractivity contribution in [1.29, 1.82) is 0 Å². The Morgan fingerprint density at radius 3 is 2.05 bits per heavy atom. The molecule has 4 aromatic carbocycles. The Labute approximate surface area is 228 Å². The molecule has 196 valence electrons. The highest BCUT2D eigenvalue weighted by Crippen LogP contribution is 2.62. The summed E-state index contributed by atoms with van der Waals surface area (Å²) in [6, 6.07) is 23.4. The average molecular weight is 533 g/mol. The van der Waals surface area contributed by atoms with Crippen LogP contribution in [0, 0.1) is 17.6 Å². The van der Waals surface area contributed by atoms with E-state index in [0.717, 1.165) is 11.1 Å².